The summed E-state index contributed by atoms with van der Waals surface area (Å²) in [5, 5.41) is 0.285. The van der Waals surface area contributed by atoms with Crippen LogP contribution in [0.1, 0.15) is 15.9 Å². The predicted molar refractivity (Wildman–Crippen MR) is 94.8 cm³/mol. The summed E-state index contributed by atoms with van der Waals surface area (Å²) >= 11 is 11.8. The van der Waals surface area contributed by atoms with Crippen molar-refractivity contribution in [1.29, 1.82) is 0 Å². The van der Waals surface area contributed by atoms with E-state index in [0.29, 0.717) is 22.6 Å². The Labute approximate surface area is 149 Å². The van der Waals surface area contributed by atoms with Crippen LogP contribution in [0.2, 0.25) is 5.02 Å². The summed E-state index contributed by atoms with van der Waals surface area (Å²) in [6.45, 7) is 0. The maximum absolute atomic E-state index is 12.7. The van der Waals surface area contributed by atoms with Crippen LogP contribution in [-0.2, 0) is 0 Å². The van der Waals surface area contributed by atoms with E-state index in [1.165, 1.54) is 14.2 Å². The molecule has 110 valence electrons. The van der Waals surface area contributed by atoms with Gasteiger partial charge < -0.3 is 9.47 Å². The minimum Gasteiger partial charge on any atom is -0.495 e. The summed E-state index contributed by atoms with van der Waals surface area (Å²) in [5.74, 6) is 0.611. The molecule has 0 bridgehead atoms. The number of carbonyl (C=O) groups is 1. The van der Waals surface area contributed by atoms with Crippen LogP contribution >= 0.6 is 50.1 Å². The molecule has 21 heavy (non-hydrogen) atoms. The van der Waals surface area contributed by atoms with Crippen LogP contribution in [0.15, 0.2) is 34.8 Å². The van der Waals surface area contributed by atoms with Crippen molar-refractivity contribution in [2.45, 2.75) is 0 Å². The van der Waals surface area contributed by atoms with Crippen molar-refractivity contribution in [1.82, 2.24) is 0 Å². The summed E-state index contributed by atoms with van der Waals surface area (Å²) in [7, 11) is 2.99. The Balaban J connectivity index is 2.58. The first-order valence-corrected chi connectivity index (χ1v) is 8.14. The lowest BCUT2D eigenvalue weighted by Gasteiger charge is -2.13. The quantitative estimate of drug-likeness (QED) is 0.458. The number of benzene rings is 2. The molecule has 0 heterocycles. The monoisotopic (exact) mass is 480 g/mol. The lowest BCUT2D eigenvalue weighted by molar-refractivity contribution is 0.103. The molecule has 0 aliphatic rings. The smallest absolute Gasteiger partial charge is 0.197 e. The van der Waals surface area contributed by atoms with E-state index in [4.69, 9.17) is 21.1 Å². The zero-order valence-corrected chi connectivity index (χ0v) is 15.7. The van der Waals surface area contributed by atoms with E-state index >= 15 is 0 Å². The average molecular weight is 482 g/mol. The van der Waals surface area contributed by atoms with Gasteiger partial charge in [-0.25, -0.2) is 0 Å². The maximum Gasteiger partial charge on any atom is 0.197 e. The third-order valence-corrected chi connectivity index (χ3v) is 4.62. The van der Waals surface area contributed by atoms with E-state index in [2.05, 4.69) is 38.5 Å². The molecule has 2 aromatic rings. The molecule has 0 atom stereocenters. The maximum atomic E-state index is 12.7. The molecule has 0 amide bonds. The second-order valence-electron chi connectivity index (χ2n) is 4.12. The van der Waals surface area contributed by atoms with E-state index in [1.807, 2.05) is 18.2 Å². The number of hydrogen-bond acceptors (Lipinski definition) is 3. The number of ketones is 1. The topological polar surface area (TPSA) is 35.5 Å². The minimum absolute atomic E-state index is 0.165. The molecule has 0 aliphatic carbocycles. The summed E-state index contributed by atoms with van der Waals surface area (Å²) in [5.41, 5.74) is 0.951. The summed E-state index contributed by atoms with van der Waals surface area (Å²) < 4.78 is 12.1. The normalized spacial score (nSPS) is 10.3. The molecule has 0 N–H and O–H groups in total. The van der Waals surface area contributed by atoms with Gasteiger partial charge in [0, 0.05) is 13.6 Å². The van der Waals surface area contributed by atoms with E-state index in [0.717, 1.165) is 8.04 Å². The molecule has 0 radical (unpaired) electrons. The third-order valence-electron chi connectivity index (χ3n) is 2.90. The SMILES string of the molecule is COc1ccc(C(=O)c2cc(I)ccc2Br)c(OC)c1Cl. The highest BCUT2D eigenvalue weighted by Crippen LogP contribution is 2.38. The Hall–Kier alpha value is -0.790. The van der Waals surface area contributed by atoms with Gasteiger partial charge in [-0.15, -0.1) is 0 Å². The van der Waals surface area contributed by atoms with Crippen LogP contribution in [0.4, 0.5) is 0 Å². The Kier molecular flexibility index (Phi) is 5.51. The number of ether oxygens (including phenoxy) is 2. The molecule has 0 unspecified atom stereocenters. The van der Waals surface area contributed by atoms with Gasteiger partial charge in [-0.05, 0) is 52.9 Å². The first kappa shape index (κ1) is 16.6. The van der Waals surface area contributed by atoms with Gasteiger partial charge >= 0.3 is 0 Å². The van der Waals surface area contributed by atoms with E-state index in [9.17, 15) is 4.79 Å². The number of hydrogen-bond donors (Lipinski definition) is 0. The van der Waals surface area contributed by atoms with Gasteiger partial charge in [-0.3, -0.25) is 4.79 Å². The lowest BCUT2D eigenvalue weighted by Crippen LogP contribution is -2.06. The van der Waals surface area contributed by atoms with Gasteiger partial charge in [-0.2, -0.15) is 0 Å². The van der Waals surface area contributed by atoms with Crippen molar-refractivity contribution in [3.05, 3.63) is 54.5 Å². The lowest BCUT2D eigenvalue weighted by atomic mass is 10.0. The number of rotatable bonds is 4. The Bertz CT molecular complexity index is 704. The van der Waals surface area contributed by atoms with E-state index in [1.54, 1.807) is 12.1 Å². The highest BCUT2D eigenvalue weighted by molar-refractivity contribution is 14.1. The molecule has 0 saturated heterocycles. The van der Waals surface area contributed by atoms with Gasteiger partial charge in [0.05, 0.1) is 19.8 Å². The standard InChI is InChI=1S/C15H11BrClIO3/c1-20-12-6-4-9(15(21-2)13(12)17)14(19)10-7-8(18)3-5-11(10)16/h3-7H,1-2H3. The number of carbonyl (C=O) groups excluding carboxylic acids is 1. The molecule has 3 nitrogen and oxygen atoms in total. The highest BCUT2D eigenvalue weighted by atomic mass is 127. The first-order valence-electron chi connectivity index (χ1n) is 5.89. The molecule has 2 rings (SSSR count). The fourth-order valence-corrected chi connectivity index (χ4v) is 3.13. The van der Waals surface area contributed by atoms with Crippen LogP contribution in [0.3, 0.4) is 0 Å². The second kappa shape index (κ2) is 6.98. The Morgan fingerprint density at radius 3 is 2.48 bits per heavy atom. The van der Waals surface area contributed by atoms with Crippen LogP contribution in [0.5, 0.6) is 11.5 Å². The van der Waals surface area contributed by atoms with E-state index < -0.39 is 0 Å². The molecule has 2 aromatic carbocycles. The van der Waals surface area contributed by atoms with Gasteiger partial charge in [-0.1, -0.05) is 27.5 Å². The number of methoxy groups -OCH3 is 2. The average Bonchev–Trinajstić information content (AvgIpc) is 2.48. The molecule has 0 aliphatic heterocycles. The van der Waals surface area contributed by atoms with Crippen LogP contribution in [-0.4, -0.2) is 20.0 Å². The number of halogens is 3. The molecular formula is C15H11BrClIO3. The van der Waals surface area contributed by atoms with E-state index in [-0.39, 0.29) is 10.8 Å². The minimum atomic E-state index is -0.165. The predicted octanol–water partition coefficient (Wildman–Crippen LogP) is 4.96. The van der Waals surface area contributed by atoms with Gasteiger partial charge in [0.25, 0.3) is 0 Å². The van der Waals surface area contributed by atoms with Gasteiger partial charge in [0.2, 0.25) is 0 Å². The molecule has 0 saturated carbocycles. The first-order chi connectivity index (χ1) is 9.99. The van der Waals surface area contributed by atoms with Crippen molar-refractivity contribution < 1.29 is 14.3 Å². The Morgan fingerprint density at radius 1 is 1.14 bits per heavy atom. The van der Waals surface area contributed by atoms with Crippen LogP contribution < -0.4 is 9.47 Å². The molecule has 0 spiro atoms. The van der Waals surface area contributed by atoms with Crippen molar-refractivity contribution in [3.8, 4) is 11.5 Å². The van der Waals surface area contributed by atoms with Crippen molar-refractivity contribution in [2.24, 2.45) is 0 Å². The highest BCUT2D eigenvalue weighted by Gasteiger charge is 2.21. The van der Waals surface area contributed by atoms with Crippen LogP contribution in [0, 0.1) is 3.57 Å². The third kappa shape index (κ3) is 3.35. The second-order valence-corrected chi connectivity index (χ2v) is 6.59. The fourth-order valence-electron chi connectivity index (χ4n) is 1.89. The van der Waals surface area contributed by atoms with Crippen LogP contribution in [0.25, 0.3) is 0 Å². The van der Waals surface area contributed by atoms with Crippen molar-refractivity contribution in [3.63, 3.8) is 0 Å². The Morgan fingerprint density at radius 2 is 1.86 bits per heavy atom. The van der Waals surface area contributed by atoms with Crippen molar-refractivity contribution >= 4 is 55.9 Å². The van der Waals surface area contributed by atoms with Gasteiger partial charge in [0.1, 0.15) is 10.8 Å². The largest absolute Gasteiger partial charge is 0.495 e. The molecule has 0 fully saturated rings. The van der Waals surface area contributed by atoms with Gasteiger partial charge in [0.15, 0.2) is 11.5 Å². The van der Waals surface area contributed by atoms with Crippen molar-refractivity contribution in [2.75, 3.05) is 14.2 Å². The zero-order chi connectivity index (χ0) is 15.6. The zero-order valence-electron chi connectivity index (χ0n) is 11.2. The summed E-state index contributed by atoms with van der Waals surface area (Å²) in [6.07, 6.45) is 0. The fraction of sp³-hybridized carbons (Fsp3) is 0.133. The molecule has 6 heteroatoms. The summed E-state index contributed by atoms with van der Waals surface area (Å²) in [4.78, 5) is 12.7. The summed E-state index contributed by atoms with van der Waals surface area (Å²) in [6, 6.07) is 8.87. The molecule has 0 aromatic heterocycles. The molecular weight excluding hydrogens is 470 g/mol.